The minimum absolute atomic E-state index is 0.337. The molecule has 0 spiro atoms. The molecule has 104 valence electrons. The molecule has 0 aromatic rings. The van der Waals surface area contributed by atoms with Gasteiger partial charge in [-0.05, 0) is 39.7 Å². The Labute approximate surface area is 109 Å². The van der Waals surface area contributed by atoms with Gasteiger partial charge in [0, 0.05) is 31.7 Å². The van der Waals surface area contributed by atoms with E-state index in [1.54, 1.807) is 0 Å². The van der Waals surface area contributed by atoms with Gasteiger partial charge in [0.2, 0.25) is 0 Å². The first-order chi connectivity index (χ1) is 8.42. The largest absolute Gasteiger partial charge is 0.480 e. The Bertz CT molecular complexity index is 323. The molecule has 0 radical (unpaired) electrons. The lowest BCUT2D eigenvalue weighted by Crippen LogP contribution is -2.60. The molecule has 1 saturated carbocycles. The summed E-state index contributed by atoms with van der Waals surface area (Å²) in [5.41, 5.74) is 5.03. The summed E-state index contributed by atoms with van der Waals surface area (Å²) in [6, 6.07) is 0.827. The monoisotopic (exact) mass is 255 g/mol. The summed E-state index contributed by atoms with van der Waals surface area (Å²) in [4.78, 5) is 16.1. The molecule has 2 aliphatic rings. The molecule has 1 aliphatic heterocycles. The topological polar surface area (TPSA) is 69.8 Å². The van der Waals surface area contributed by atoms with Gasteiger partial charge in [-0.3, -0.25) is 9.69 Å². The van der Waals surface area contributed by atoms with E-state index in [1.807, 2.05) is 0 Å². The second-order valence-corrected chi connectivity index (χ2v) is 6.06. The number of likely N-dealkylation sites (N-methyl/N-ethyl adjacent to an activating group) is 1. The van der Waals surface area contributed by atoms with Crippen LogP contribution in [0.15, 0.2) is 0 Å². The Morgan fingerprint density at radius 1 is 1.44 bits per heavy atom. The summed E-state index contributed by atoms with van der Waals surface area (Å²) in [7, 11) is 2.14. The van der Waals surface area contributed by atoms with Crippen LogP contribution in [-0.4, -0.2) is 65.2 Å². The van der Waals surface area contributed by atoms with E-state index in [0.29, 0.717) is 24.9 Å². The van der Waals surface area contributed by atoms with E-state index in [0.717, 1.165) is 32.5 Å². The molecule has 0 aromatic heterocycles. The molecule has 1 heterocycles. The Hall–Kier alpha value is -0.650. The predicted molar refractivity (Wildman–Crippen MR) is 70.5 cm³/mol. The Morgan fingerprint density at radius 3 is 2.78 bits per heavy atom. The lowest BCUT2D eigenvalue weighted by molar-refractivity contribution is -0.145. The maximum absolute atomic E-state index is 11.3. The minimum atomic E-state index is -1.01. The molecule has 3 N–H and O–H groups in total. The first-order valence-corrected chi connectivity index (χ1v) is 6.89. The van der Waals surface area contributed by atoms with Crippen LogP contribution in [0, 0.1) is 0 Å². The number of rotatable bonds is 2. The van der Waals surface area contributed by atoms with Crippen molar-refractivity contribution >= 4 is 5.97 Å². The molecular weight excluding hydrogens is 230 g/mol. The number of aliphatic carboxylic acids is 1. The smallest absolute Gasteiger partial charge is 0.323 e. The number of carboxylic acids is 1. The lowest BCUT2D eigenvalue weighted by atomic mass is 9.78. The van der Waals surface area contributed by atoms with Gasteiger partial charge in [-0.25, -0.2) is 0 Å². The predicted octanol–water partition coefficient (Wildman–Crippen LogP) is 0.347. The third-order valence-electron chi connectivity index (χ3n) is 4.54. The zero-order valence-corrected chi connectivity index (χ0v) is 11.4. The highest BCUT2D eigenvalue weighted by atomic mass is 16.4. The fourth-order valence-corrected chi connectivity index (χ4v) is 3.45. The number of nitrogens with zero attached hydrogens (tertiary/aromatic N) is 2. The highest BCUT2D eigenvalue weighted by Gasteiger charge is 2.42. The van der Waals surface area contributed by atoms with E-state index < -0.39 is 11.5 Å². The van der Waals surface area contributed by atoms with Gasteiger partial charge in [0.15, 0.2) is 0 Å². The van der Waals surface area contributed by atoms with Crippen LogP contribution < -0.4 is 5.73 Å². The van der Waals surface area contributed by atoms with Gasteiger partial charge < -0.3 is 15.7 Å². The molecule has 3 unspecified atom stereocenters. The van der Waals surface area contributed by atoms with Crippen LogP contribution in [0.2, 0.25) is 0 Å². The molecule has 0 amide bonds. The van der Waals surface area contributed by atoms with Crippen LogP contribution >= 0.6 is 0 Å². The van der Waals surface area contributed by atoms with E-state index in [4.69, 9.17) is 5.73 Å². The van der Waals surface area contributed by atoms with Gasteiger partial charge in [0.05, 0.1) is 0 Å². The molecule has 1 aliphatic carbocycles. The van der Waals surface area contributed by atoms with Crippen molar-refractivity contribution in [1.29, 1.82) is 0 Å². The number of hydrogen-bond donors (Lipinski definition) is 2. The van der Waals surface area contributed by atoms with Crippen molar-refractivity contribution in [2.45, 2.75) is 50.2 Å². The lowest BCUT2D eigenvalue weighted by Gasteiger charge is -2.47. The maximum atomic E-state index is 11.3. The van der Waals surface area contributed by atoms with Crippen molar-refractivity contribution < 1.29 is 9.90 Å². The molecule has 3 atom stereocenters. The number of nitrogens with two attached hydrogens (primary N) is 1. The van der Waals surface area contributed by atoms with Crippen molar-refractivity contribution in [1.82, 2.24) is 9.80 Å². The van der Waals surface area contributed by atoms with Crippen LogP contribution in [-0.2, 0) is 4.79 Å². The van der Waals surface area contributed by atoms with Crippen molar-refractivity contribution in [2.75, 3.05) is 26.7 Å². The molecule has 1 saturated heterocycles. The summed E-state index contributed by atoms with van der Waals surface area (Å²) in [6.07, 6.45) is 3.21. The summed E-state index contributed by atoms with van der Waals surface area (Å²) >= 11 is 0. The van der Waals surface area contributed by atoms with Gasteiger partial charge in [-0.15, -0.1) is 0 Å². The van der Waals surface area contributed by atoms with Crippen molar-refractivity contribution in [3.8, 4) is 0 Å². The molecule has 2 rings (SSSR count). The summed E-state index contributed by atoms with van der Waals surface area (Å²) in [5.74, 6) is -0.839. The van der Waals surface area contributed by atoms with E-state index in [9.17, 15) is 9.90 Å². The van der Waals surface area contributed by atoms with Crippen molar-refractivity contribution in [3.05, 3.63) is 0 Å². The average Bonchev–Trinajstić information content (AvgIpc) is 2.28. The quantitative estimate of drug-likeness (QED) is 0.745. The fourth-order valence-electron chi connectivity index (χ4n) is 3.45. The van der Waals surface area contributed by atoms with Gasteiger partial charge >= 0.3 is 5.97 Å². The SMILES string of the molecule is CC1CN(C)CCN1C1CCCC(N)(C(=O)O)C1. The fraction of sp³-hybridized carbons (Fsp3) is 0.923. The van der Waals surface area contributed by atoms with E-state index in [2.05, 4.69) is 23.8 Å². The van der Waals surface area contributed by atoms with E-state index >= 15 is 0 Å². The van der Waals surface area contributed by atoms with E-state index in [1.165, 1.54) is 0 Å². The van der Waals surface area contributed by atoms with Crippen LogP contribution in [0.25, 0.3) is 0 Å². The van der Waals surface area contributed by atoms with E-state index in [-0.39, 0.29) is 0 Å². The maximum Gasteiger partial charge on any atom is 0.323 e. The third-order valence-corrected chi connectivity index (χ3v) is 4.54. The number of hydrogen-bond acceptors (Lipinski definition) is 4. The molecule has 18 heavy (non-hydrogen) atoms. The van der Waals surface area contributed by atoms with Gasteiger partial charge in [0.25, 0.3) is 0 Å². The van der Waals surface area contributed by atoms with Crippen LogP contribution in [0.3, 0.4) is 0 Å². The Kier molecular flexibility index (Phi) is 3.94. The van der Waals surface area contributed by atoms with Gasteiger partial charge in [0.1, 0.15) is 5.54 Å². The normalized spacial score (nSPS) is 39.7. The first-order valence-electron chi connectivity index (χ1n) is 6.89. The van der Waals surface area contributed by atoms with Crippen LogP contribution in [0.1, 0.15) is 32.6 Å². The number of carboxylic acid groups (broad SMARTS) is 1. The zero-order valence-electron chi connectivity index (χ0n) is 11.4. The highest BCUT2D eigenvalue weighted by molar-refractivity contribution is 5.78. The van der Waals surface area contributed by atoms with Crippen molar-refractivity contribution in [3.63, 3.8) is 0 Å². The summed E-state index contributed by atoms with van der Waals surface area (Å²) < 4.78 is 0. The summed E-state index contributed by atoms with van der Waals surface area (Å²) in [5, 5.41) is 9.27. The molecule has 0 bridgehead atoms. The van der Waals surface area contributed by atoms with Gasteiger partial charge in [-0.1, -0.05) is 0 Å². The number of piperazine rings is 1. The van der Waals surface area contributed by atoms with Gasteiger partial charge in [-0.2, -0.15) is 0 Å². The molecular formula is C13H25N3O2. The van der Waals surface area contributed by atoms with Crippen LogP contribution in [0.4, 0.5) is 0 Å². The molecule has 5 nitrogen and oxygen atoms in total. The Morgan fingerprint density at radius 2 is 2.17 bits per heavy atom. The average molecular weight is 255 g/mol. The first kappa shape index (κ1) is 13.8. The minimum Gasteiger partial charge on any atom is -0.480 e. The number of carbonyl (C=O) groups is 1. The standard InChI is InChI=1S/C13H25N3O2/c1-10-9-15(2)6-7-16(10)11-4-3-5-13(14,8-11)12(17)18/h10-11H,3-9,14H2,1-2H3,(H,17,18). The second-order valence-electron chi connectivity index (χ2n) is 6.06. The second kappa shape index (κ2) is 5.15. The summed E-state index contributed by atoms with van der Waals surface area (Å²) in [6.45, 7) is 5.37. The third kappa shape index (κ3) is 2.68. The molecule has 2 fully saturated rings. The molecule has 5 heteroatoms. The van der Waals surface area contributed by atoms with Crippen LogP contribution in [0.5, 0.6) is 0 Å². The Balaban J connectivity index is 2.03. The molecule has 0 aromatic carbocycles. The van der Waals surface area contributed by atoms with Crippen molar-refractivity contribution in [2.24, 2.45) is 5.73 Å². The zero-order chi connectivity index (χ0) is 13.3. The highest BCUT2D eigenvalue weighted by Crippen LogP contribution is 2.31.